The molecule has 1 aliphatic rings. The normalized spacial score (nSPS) is 12.9. The largest absolute Gasteiger partial charge is 0.497 e. The number of unbranched alkanes of at least 4 members (excludes halogenated alkanes) is 2. The van der Waals surface area contributed by atoms with E-state index in [1.165, 1.54) is 12.8 Å². The molecule has 2 N–H and O–H groups in total. The molecular formula is C71H65Cl12N15O4. The Hall–Kier alpha value is -7.34. The molecule has 5 aromatic carbocycles. The highest BCUT2D eigenvalue weighted by molar-refractivity contribution is 6.68. The predicted octanol–water partition coefficient (Wildman–Crippen LogP) is 20.3. The van der Waals surface area contributed by atoms with Gasteiger partial charge in [0, 0.05) is 30.1 Å². The first-order valence-electron chi connectivity index (χ1n) is 31.0. The molecule has 31 heteroatoms. The maximum absolute atomic E-state index is 5.97. The number of anilines is 2. The number of halogens is 12. The number of methoxy groups -OCH3 is 2. The van der Waals surface area contributed by atoms with Crippen molar-refractivity contribution in [2.75, 3.05) is 38.0 Å². The number of para-hydroxylation sites is 3. The molecule has 1 aliphatic heterocycles. The van der Waals surface area contributed by atoms with Crippen LogP contribution in [0.25, 0.3) is 64.7 Å². The minimum Gasteiger partial charge on any atom is -0.497 e. The van der Waals surface area contributed by atoms with E-state index in [1.807, 2.05) is 141 Å². The molecule has 0 atom stereocenters. The van der Waals surface area contributed by atoms with Gasteiger partial charge in [-0.15, -0.1) is 0 Å². The Balaban J connectivity index is 0.000000174. The Kier molecular flexibility index (Phi) is 29.1. The number of benzene rings is 5. The smallest absolute Gasteiger partial charge is 0.250 e. The van der Waals surface area contributed by atoms with Crippen molar-refractivity contribution in [3.8, 4) is 34.3 Å². The van der Waals surface area contributed by atoms with Crippen molar-refractivity contribution in [3.63, 3.8) is 0 Å². The number of aromatic nitrogens is 13. The maximum atomic E-state index is 5.97. The van der Waals surface area contributed by atoms with Gasteiger partial charge in [0.1, 0.15) is 34.7 Å². The Morgan fingerprint density at radius 1 is 0.471 bits per heavy atom. The van der Waals surface area contributed by atoms with Gasteiger partial charge in [0.15, 0.2) is 52.3 Å². The number of allylic oxidation sites excluding steroid dienone is 2. The van der Waals surface area contributed by atoms with Crippen LogP contribution in [0.15, 0.2) is 139 Å². The summed E-state index contributed by atoms with van der Waals surface area (Å²) < 4.78 is 17.3. The molecule has 11 rings (SSSR count). The van der Waals surface area contributed by atoms with Crippen LogP contribution in [0.4, 0.5) is 11.6 Å². The van der Waals surface area contributed by atoms with Crippen molar-refractivity contribution in [3.05, 3.63) is 220 Å². The fourth-order valence-corrected chi connectivity index (χ4v) is 10.6. The van der Waals surface area contributed by atoms with Gasteiger partial charge in [-0.2, -0.15) is 9.97 Å². The van der Waals surface area contributed by atoms with E-state index in [4.69, 9.17) is 164 Å². The lowest BCUT2D eigenvalue weighted by Crippen LogP contribution is -2.19. The van der Waals surface area contributed by atoms with Crippen molar-refractivity contribution in [1.29, 1.82) is 0 Å². The lowest BCUT2D eigenvalue weighted by Gasteiger charge is -2.14. The van der Waals surface area contributed by atoms with Crippen molar-refractivity contribution in [2.24, 2.45) is 7.05 Å². The summed E-state index contributed by atoms with van der Waals surface area (Å²) in [7, 11) is 5.31. The van der Waals surface area contributed by atoms with Gasteiger partial charge in [-0.05, 0) is 154 Å². The minimum atomic E-state index is -1.75. The number of rotatable bonds is 17. The molecule has 102 heavy (non-hydrogen) atoms. The van der Waals surface area contributed by atoms with Crippen molar-refractivity contribution in [1.82, 2.24) is 64.4 Å². The Morgan fingerprint density at radius 3 is 1.40 bits per heavy atom. The van der Waals surface area contributed by atoms with Gasteiger partial charge in [-0.25, -0.2) is 49.8 Å². The van der Waals surface area contributed by atoms with Crippen LogP contribution in [-0.4, -0.2) is 91.7 Å². The molecule has 5 aromatic heterocycles. The number of nitrogens with zero attached hydrogens (tertiary/aromatic N) is 14. The summed E-state index contributed by atoms with van der Waals surface area (Å²) in [5.41, 5.74) is 12.8. The molecule has 0 unspecified atom stereocenters. The number of fused-ring (bicyclic) bond motifs is 2. The highest BCUT2D eigenvalue weighted by Gasteiger charge is 2.31. The molecule has 0 spiro atoms. The SMILES string of the molecule is CCCCCOc1ccc(C=Cc2nc(C)nc(C(Cl)(Cl)Cl)n2)cc1.CCN1C(=CC=Cc2nc(C)nc(C(Cl)(Cl)Cl)n2)Oc2ccccc21.COc1ccc(-c2c(C=Cc3nc(C)nc(C(Cl)(Cl)Cl)n3)c3ccccc3n2C)cc1.COc1ccc(C=Cc2nc(N)nc(C(Cl)(Cl)Cl)n2)cc1. The molecule has 0 saturated heterocycles. The van der Waals surface area contributed by atoms with E-state index in [0.29, 0.717) is 40.8 Å². The molecule has 0 bridgehead atoms. The van der Waals surface area contributed by atoms with E-state index in [1.54, 1.807) is 65.4 Å². The number of alkyl halides is 12. The topological polar surface area (TPSA) is 226 Å². The van der Waals surface area contributed by atoms with Crippen LogP contribution in [0.1, 0.15) is 114 Å². The summed E-state index contributed by atoms with van der Waals surface area (Å²) in [4.78, 5) is 51.5. The molecular weight excluding hydrogens is 1550 g/mol. The van der Waals surface area contributed by atoms with E-state index in [9.17, 15) is 0 Å². The Bertz CT molecular complexity index is 4640. The fraction of sp³-hybridized carbons (Fsp3) is 0.239. The van der Waals surface area contributed by atoms with Gasteiger partial charge < -0.3 is 34.1 Å². The average molecular weight is 1620 g/mol. The van der Waals surface area contributed by atoms with E-state index < -0.39 is 15.2 Å². The van der Waals surface area contributed by atoms with Crippen LogP contribution in [0, 0.1) is 20.8 Å². The van der Waals surface area contributed by atoms with E-state index in [2.05, 4.69) is 95.3 Å². The van der Waals surface area contributed by atoms with Gasteiger partial charge >= 0.3 is 0 Å². The second-order valence-corrected chi connectivity index (χ2v) is 30.8. The van der Waals surface area contributed by atoms with Crippen LogP contribution < -0.4 is 29.6 Å². The molecule has 19 nitrogen and oxygen atoms in total. The first-order chi connectivity index (χ1) is 48.4. The van der Waals surface area contributed by atoms with Gasteiger partial charge in [0.05, 0.1) is 32.2 Å². The minimum absolute atomic E-state index is 0.0132. The van der Waals surface area contributed by atoms with Gasteiger partial charge in [0.25, 0.3) is 0 Å². The Morgan fingerprint density at radius 2 is 0.912 bits per heavy atom. The monoisotopic (exact) mass is 1610 g/mol. The molecule has 0 aliphatic carbocycles. The van der Waals surface area contributed by atoms with Crippen LogP contribution in [0.5, 0.6) is 23.0 Å². The second kappa shape index (κ2) is 36.9. The summed E-state index contributed by atoms with van der Waals surface area (Å²) in [6, 6.07) is 39.4. The first-order valence-corrected chi connectivity index (χ1v) is 35.5. The Labute approximate surface area is 650 Å². The molecule has 6 heterocycles. The van der Waals surface area contributed by atoms with Crippen LogP contribution in [0.3, 0.4) is 0 Å². The number of nitrogen functional groups attached to an aromatic ring is 1. The van der Waals surface area contributed by atoms with E-state index >= 15 is 0 Å². The zero-order valence-electron chi connectivity index (χ0n) is 55.8. The summed E-state index contributed by atoms with van der Waals surface area (Å²) in [5, 5.41) is 1.11. The quantitative estimate of drug-likeness (QED) is 0.0660. The summed E-state index contributed by atoms with van der Waals surface area (Å²) in [6.07, 6.45) is 19.7. The standard InChI is InChI=1S/C23H19Cl3N4O.C18H20Cl3N3O.C17H15Cl3N4O.C13H11Cl3N4O/c1-14-27-20(29-22(28-14)23(24,25)26)13-12-18-17-6-4-5-7-19(17)30(2)21(18)15-8-10-16(31-3)11-9-15;1-3-4-5-12-25-15-9-6-14(7-10-15)8-11-16-22-13(2)23-17(24-16)18(19,20)21;1-3-24-12-7-4-5-8-13(12)25-15(24)10-6-9-14-21-11(2)22-16(23-14)17(18,19)20;1-21-9-5-2-8(3-6-9)4-7-10-18-11(13(14,15)16)20-12(17)19-10/h4-13H,1-3H3;6-11H,3-5,12H2,1-2H3;4-10H,3H2,1-2H3;2-7H,1H3,(H2,17,18,19,20). The third-order valence-electron chi connectivity index (χ3n) is 14.2. The molecule has 0 radical (unpaired) electrons. The van der Waals surface area contributed by atoms with Crippen molar-refractivity contribution >= 4 is 204 Å². The maximum Gasteiger partial charge on any atom is 0.250 e. The first kappa shape index (κ1) is 80.3. The van der Waals surface area contributed by atoms with Crippen molar-refractivity contribution < 1.29 is 18.9 Å². The van der Waals surface area contributed by atoms with E-state index in [0.717, 1.165) is 93.0 Å². The van der Waals surface area contributed by atoms with E-state index in [-0.39, 0.29) is 29.2 Å². The van der Waals surface area contributed by atoms with Crippen LogP contribution in [0.2, 0.25) is 0 Å². The van der Waals surface area contributed by atoms with Gasteiger partial charge in [-0.3, -0.25) is 0 Å². The predicted molar refractivity (Wildman–Crippen MR) is 418 cm³/mol. The zero-order valence-corrected chi connectivity index (χ0v) is 64.9. The number of hydrogen-bond acceptors (Lipinski definition) is 18. The molecule has 0 fully saturated rings. The average Bonchev–Trinajstić information content (AvgIpc) is 1.61. The summed E-state index contributed by atoms with van der Waals surface area (Å²) in [5.74, 6) is 7.29. The van der Waals surface area contributed by atoms with Crippen LogP contribution in [-0.2, 0) is 22.2 Å². The summed E-state index contributed by atoms with van der Waals surface area (Å²) >= 11 is 70.2. The second-order valence-electron chi connectivity index (χ2n) is 21.7. The molecule has 532 valence electrons. The van der Waals surface area contributed by atoms with Crippen molar-refractivity contribution in [2.45, 2.75) is 69.1 Å². The lowest BCUT2D eigenvalue weighted by atomic mass is 10.0. The zero-order chi connectivity index (χ0) is 73.9. The number of aryl methyl sites for hydroxylation is 4. The fourth-order valence-electron chi connectivity index (χ4n) is 9.56. The molecule has 0 amide bonds. The van der Waals surface area contributed by atoms with Crippen LogP contribution >= 0.6 is 139 Å². The number of ether oxygens (including phenoxy) is 4. The highest BCUT2D eigenvalue weighted by atomic mass is 35.6. The third kappa shape index (κ3) is 23.6. The van der Waals surface area contributed by atoms with Gasteiger partial charge in [0.2, 0.25) is 27.0 Å². The molecule has 10 aromatic rings. The highest BCUT2D eigenvalue weighted by Crippen LogP contribution is 2.41. The summed E-state index contributed by atoms with van der Waals surface area (Å²) in [6.45, 7) is 10.9. The van der Waals surface area contributed by atoms with Gasteiger partial charge in [-0.1, -0.05) is 232 Å². The number of hydrogen-bond donors (Lipinski definition) is 1. The number of nitrogens with two attached hydrogens (primary N) is 1. The molecule has 0 saturated carbocycles. The lowest BCUT2D eigenvalue weighted by molar-refractivity contribution is 0.306. The third-order valence-corrected chi connectivity index (χ3v) is 16.2.